The fraction of sp³-hybridized carbons (Fsp3) is 0.904. The molecule has 0 spiro atoms. The molecule has 6 fully saturated rings. The highest BCUT2D eigenvalue weighted by molar-refractivity contribution is 5.67. The predicted molar refractivity (Wildman–Crippen MR) is 410 cm³/mol. The fourth-order valence-corrected chi connectivity index (χ4v) is 7.35. The maximum absolute atomic E-state index is 10.3. The third kappa shape index (κ3) is 115. The highest BCUT2D eigenvalue weighted by Crippen LogP contribution is 2.15. The summed E-state index contributed by atoms with van der Waals surface area (Å²) < 4.78 is 80.8. The Balaban J connectivity index is -0.000000268. The molecule has 6 heterocycles. The van der Waals surface area contributed by atoms with Crippen LogP contribution in [0.5, 0.6) is 0 Å². The molecule has 0 saturated carbocycles. The summed E-state index contributed by atoms with van der Waals surface area (Å²) in [4.78, 5) is 63.1. The van der Waals surface area contributed by atoms with Crippen LogP contribution < -0.4 is 0 Å². The second kappa shape index (κ2) is 79.3. The summed E-state index contributed by atoms with van der Waals surface area (Å²) in [5, 5.41) is 72.4. The number of ether oxygens (including phenoxy) is 17. The van der Waals surface area contributed by atoms with Crippen LogP contribution in [-0.2, 0) is 104 Å². The van der Waals surface area contributed by atoms with Crippen LogP contribution >= 0.6 is 0 Å². The van der Waals surface area contributed by atoms with Crippen molar-refractivity contribution in [2.75, 3.05) is 277 Å². The molecule has 6 rings (SSSR count). The van der Waals surface area contributed by atoms with Crippen molar-refractivity contribution >= 4 is 29.8 Å². The maximum Gasteiger partial charge on any atom is 0.302 e. The first-order valence-electron chi connectivity index (χ1n) is 36.6. The van der Waals surface area contributed by atoms with Crippen molar-refractivity contribution in [3.05, 3.63) is 12.7 Å². The zero-order valence-electron chi connectivity index (χ0n) is 70.6. The van der Waals surface area contributed by atoms with E-state index in [1.807, 2.05) is 96.9 Å². The number of nitrogens with zero attached hydrogens (tertiary/aromatic N) is 6. The van der Waals surface area contributed by atoms with E-state index in [2.05, 4.69) is 68.2 Å². The summed E-state index contributed by atoms with van der Waals surface area (Å²) in [7, 11) is 27.2. The van der Waals surface area contributed by atoms with Crippen LogP contribution in [0.4, 0.5) is 0 Å². The van der Waals surface area contributed by atoms with Gasteiger partial charge in [0.25, 0.3) is 0 Å². The van der Waals surface area contributed by atoms with E-state index in [1.54, 1.807) is 34.5 Å². The fourth-order valence-electron chi connectivity index (χ4n) is 7.35. The zero-order chi connectivity index (χ0) is 84.7. The molecule has 0 aromatic heterocycles. The van der Waals surface area contributed by atoms with Crippen LogP contribution in [-0.4, -0.2) is 463 Å². The van der Waals surface area contributed by atoms with Gasteiger partial charge in [0.2, 0.25) is 0 Å². The van der Waals surface area contributed by atoms with Crippen molar-refractivity contribution < 1.29 is 145 Å². The number of hydrogen-bond acceptors (Lipinski definition) is 36. The van der Waals surface area contributed by atoms with Crippen LogP contribution in [0, 0.1) is 0 Å². The lowest BCUT2D eigenvalue weighted by molar-refractivity contribution is -0.150. The number of carbonyl (C=O) groups excluding carboxylic acids is 5. The standard InChI is InChI=1S/C10H19NO3.C7H18N2O.C7H15NO3.C7H13NO2.C7H12O5.C6H15NO2.C6H12O4.C5H8O3.C5H12O3.C5H12O.C4H8O2.C4H8O/c1-3-4-13-7-9(12)5-11(2)6-10-8-14-10;1-8(2)5-7(10)6-9(3)4;1-6(9)11-5-7(10)4-8(2)3;1-8(2-6-4-9-6)3-7-5-10-7;1-5(8)11-3-7(10)4-12-6(2)9;1-7(2)4-6(8)5-9-3;1-5(7)10-4-6(8)3-9-2;1-4(6)7-2-5-3-8-5;1-7-3-5(6)4-8-2;1-3-5(6)4-2;1-5-2-4-3-6-4;1-2-4-3-5-4/h3,9-10,12H,1,4-8H2,2H3;7,10H,5-6H2,1-4H3;7,10H,4-5H2,1-3H3;6-7H,2-5H2,1H3;7,10H,3-4H2,1-2H3;6,8H,4-5H2,1-3H3;6,8H,3-4H2,1-2H3;5H,2-3H2,1H3;5-6H,3-4H2,1-2H3;5-6H,3-4H2,1-2H3;4H,2-3H2,1H3;4H,2-3H2,1H3. The van der Waals surface area contributed by atoms with Gasteiger partial charge in [0.05, 0.1) is 135 Å². The van der Waals surface area contributed by atoms with E-state index in [0.29, 0.717) is 89.8 Å². The minimum atomic E-state index is -0.946. The summed E-state index contributed by atoms with van der Waals surface area (Å²) in [5.74, 6) is -1.94. The molecule has 0 aromatic rings. The first kappa shape index (κ1) is 116. The Kier molecular flexibility index (Phi) is 84.3. The number of aliphatic hydroxyl groups excluding tert-OH is 8. The van der Waals surface area contributed by atoms with Crippen LogP contribution in [0.25, 0.3) is 0 Å². The zero-order valence-corrected chi connectivity index (χ0v) is 70.6. The number of carbonyl (C=O) groups is 5. The van der Waals surface area contributed by atoms with Crippen LogP contribution in [0.15, 0.2) is 12.7 Å². The molecule has 36 heteroatoms. The highest BCUT2D eigenvalue weighted by atomic mass is 16.6. The summed E-state index contributed by atoms with van der Waals surface area (Å²) in [6.45, 7) is 30.9. The van der Waals surface area contributed by atoms with E-state index in [9.17, 15) is 34.2 Å². The first-order chi connectivity index (χ1) is 51.2. The highest BCUT2D eigenvalue weighted by Gasteiger charge is 2.29. The summed E-state index contributed by atoms with van der Waals surface area (Å²) >= 11 is 0. The smallest absolute Gasteiger partial charge is 0.302 e. The van der Waals surface area contributed by atoms with Gasteiger partial charge in [-0.2, -0.15) is 0 Å². The molecule has 654 valence electrons. The van der Waals surface area contributed by atoms with Crippen molar-refractivity contribution in [1.29, 1.82) is 0 Å². The minimum Gasteiger partial charge on any atom is -0.463 e. The Morgan fingerprint density at radius 3 is 0.862 bits per heavy atom. The molecule has 0 aliphatic carbocycles. The van der Waals surface area contributed by atoms with Gasteiger partial charge in [0.1, 0.15) is 69.7 Å². The van der Waals surface area contributed by atoms with Crippen molar-refractivity contribution in [2.24, 2.45) is 0 Å². The maximum atomic E-state index is 10.3. The van der Waals surface area contributed by atoms with E-state index in [0.717, 1.165) is 91.8 Å². The quantitative estimate of drug-likeness (QED) is 0.0116. The summed E-state index contributed by atoms with van der Waals surface area (Å²) in [6.07, 6.45) is 3.49. The van der Waals surface area contributed by atoms with Gasteiger partial charge < -0.3 is 151 Å². The van der Waals surface area contributed by atoms with Gasteiger partial charge in [-0.25, -0.2) is 0 Å². The van der Waals surface area contributed by atoms with Gasteiger partial charge in [-0.1, -0.05) is 26.8 Å². The third-order valence-corrected chi connectivity index (χ3v) is 12.9. The number of esters is 5. The van der Waals surface area contributed by atoms with Gasteiger partial charge in [-0.3, -0.25) is 24.0 Å². The third-order valence-electron chi connectivity index (χ3n) is 12.9. The number of methoxy groups -OCH3 is 5. The molecule has 0 radical (unpaired) electrons. The topological polar surface area (TPSA) is 443 Å². The number of rotatable bonds is 43. The van der Waals surface area contributed by atoms with Gasteiger partial charge in [0.15, 0.2) is 0 Å². The number of aliphatic hydroxyl groups is 8. The second-order valence-corrected chi connectivity index (χ2v) is 26.8. The molecule has 6 aliphatic heterocycles. The van der Waals surface area contributed by atoms with E-state index in [-0.39, 0.29) is 69.4 Å². The van der Waals surface area contributed by atoms with Gasteiger partial charge >= 0.3 is 29.8 Å². The normalized spacial score (nSPS) is 18.5. The molecule has 0 aromatic carbocycles. The van der Waals surface area contributed by atoms with Crippen LogP contribution in [0.2, 0.25) is 0 Å². The van der Waals surface area contributed by atoms with Crippen molar-refractivity contribution in [3.63, 3.8) is 0 Å². The van der Waals surface area contributed by atoms with Gasteiger partial charge in [-0.05, 0) is 89.7 Å². The number of hydrogen-bond donors (Lipinski definition) is 8. The predicted octanol–water partition coefficient (Wildman–Crippen LogP) is -1.29. The van der Waals surface area contributed by atoms with E-state index >= 15 is 0 Å². The van der Waals surface area contributed by atoms with Crippen LogP contribution in [0.3, 0.4) is 0 Å². The molecule has 109 heavy (non-hydrogen) atoms. The van der Waals surface area contributed by atoms with Crippen LogP contribution in [0.1, 0.15) is 74.7 Å². The lowest BCUT2D eigenvalue weighted by Crippen LogP contribution is -2.34. The Morgan fingerprint density at radius 1 is 0.349 bits per heavy atom. The Labute approximate surface area is 652 Å². The molecule has 0 bridgehead atoms. The molecule has 8 N–H and O–H groups in total. The van der Waals surface area contributed by atoms with Crippen molar-refractivity contribution in [1.82, 2.24) is 29.4 Å². The van der Waals surface area contributed by atoms with E-state index < -0.39 is 48.4 Å². The van der Waals surface area contributed by atoms with E-state index in [1.165, 1.54) is 48.1 Å². The molecule has 0 amide bonds. The molecule has 36 nitrogen and oxygen atoms in total. The van der Waals surface area contributed by atoms with E-state index in [4.69, 9.17) is 73.3 Å². The Hall–Kier alpha value is -3.95. The monoisotopic (exact) mass is 1590 g/mol. The Morgan fingerprint density at radius 2 is 0.615 bits per heavy atom. The molecule has 10 unspecified atom stereocenters. The van der Waals surface area contributed by atoms with Crippen molar-refractivity contribution in [2.45, 2.75) is 160 Å². The lowest BCUT2D eigenvalue weighted by atomic mass is 10.2. The van der Waals surface area contributed by atoms with Gasteiger partial charge in [0, 0.05) is 123 Å². The minimum absolute atomic E-state index is 0.00315. The molecule has 6 saturated heterocycles. The lowest BCUT2D eigenvalue weighted by Gasteiger charge is -2.19. The molecular weight excluding hydrogens is 1440 g/mol. The SMILES string of the molecule is C=CCOCC(O)CN(C)CC1CO1.CC(=O)OCC(O)CN(C)C.CC(=O)OCC(O)COC(C)=O.CC(=O)OCC1CO1.CCC(O)CC.CCC1CO1.CN(C)CC(O)CN(C)C.CN(CC1CO1)CC1CO1.COCC(O)CN(C)C.COCC(O)COC.COCC(O)COC(C)=O.COCC1CO1. The summed E-state index contributed by atoms with van der Waals surface area (Å²) in [5.41, 5.74) is 0. The largest absolute Gasteiger partial charge is 0.463 e. The average molecular weight is 1590 g/mol. The molecule has 10 atom stereocenters. The molecule has 6 aliphatic rings. The second-order valence-electron chi connectivity index (χ2n) is 26.8. The van der Waals surface area contributed by atoms with Gasteiger partial charge in [-0.15, -0.1) is 6.58 Å². The number of epoxide rings is 6. The Bertz CT molecular complexity index is 1990. The first-order valence-corrected chi connectivity index (χ1v) is 36.6. The average Bonchev–Trinajstić information content (AvgIpc) is 1.75. The van der Waals surface area contributed by atoms with Crippen molar-refractivity contribution in [3.8, 4) is 0 Å². The summed E-state index contributed by atoms with van der Waals surface area (Å²) in [6, 6.07) is 0. The number of likely N-dealkylation sites (N-methyl/N-ethyl adjacent to an activating group) is 6. The molecular formula is C73H152N6O30.